The van der Waals surface area contributed by atoms with Gasteiger partial charge in [0.15, 0.2) is 0 Å². The van der Waals surface area contributed by atoms with E-state index in [0.717, 1.165) is 31.7 Å². The molecule has 1 aliphatic heterocycles. The standard InChI is InChI=1S/C16H18N2O/c19-14-7-12-9-18(10-13(12)8-14)16-15-4-2-1-3-11(15)5-6-17-16/h1-6,12-14,19H,7-10H2/t12-,13+,14?. The monoisotopic (exact) mass is 254 g/mol. The summed E-state index contributed by atoms with van der Waals surface area (Å²) >= 11 is 0. The zero-order chi connectivity index (χ0) is 12.8. The molecule has 2 aliphatic rings. The van der Waals surface area contributed by atoms with Gasteiger partial charge in [-0.1, -0.05) is 24.3 Å². The molecule has 0 amide bonds. The Morgan fingerprint density at radius 2 is 1.79 bits per heavy atom. The minimum Gasteiger partial charge on any atom is -0.393 e. The first-order valence-electron chi connectivity index (χ1n) is 7.08. The van der Waals surface area contributed by atoms with Crippen LogP contribution in [0.25, 0.3) is 10.8 Å². The second-order valence-corrected chi connectivity index (χ2v) is 5.91. The number of hydrogen-bond acceptors (Lipinski definition) is 3. The van der Waals surface area contributed by atoms with Gasteiger partial charge in [0.2, 0.25) is 0 Å². The van der Waals surface area contributed by atoms with Crippen molar-refractivity contribution in [3.8, 4) is 0 Å². The summed E-state index contributed by atoms with van der Waals surface area (Å²) in [6.07, 6.45) is 3.76. The number of aliphatic hydroxyl groups excluding tert-OH is 1. The molecular weight excluding hydrogens is 236 g/mol. The van der Waals surface area contributed by atoms with Crippen molar-refractivity contribution < 1.29 is 5.11 Å². The third-order valence-corrected chi connectivity index (χ3v) is 4.68. The highest BCUT2D eigenvalue weighted by Crippen LogP contribution is 2.40. The van der Waals surface area contributed by atoms with Crippen LogP contribution in [-0.2, 0) is 0 Å². The van der Waals surface area contributed by atoms with Crippen molar-refractivity contribution in [2.24, 2.45) is 11.8 Å². The van der Waals surface area contributed by atoms with Crippen molar-refractivity contribution in [1.29, 1.82) is 0 Å². The van der Waals surface area contributed by atoms with Gasteiger partial charge in [-0.25, -0.2) is 4.98 Å². The van der Waals surface area contributed by atoms with E-state index in [-0.39, 0.29) is 6.10 Å². The molecule has 4 rings (SSSR count). The quantitative estimate of drug-likeness (QED) is 0.849. The fourth-order valence-electron chi connectivity index (χ4n) is 3.80. The molecule has 19 heavy (non-hydrogen) atoms. The molecule has 1 aromatic heterocycles. The Morgan fingerprint density at radius 1 is 1.05 bits per heavy atom. The first kappa shape index (κ1) is 11.2. The largest absolute Gasteiger partial charge is 0.393 e. The van der Waals surface area contributed by atoms with E-state index in [0.29, 0.717) is 11.8 Å². The van der Waals surface area contributed by atoms with Gasteiger partial charge in [0.25, 0.3) is 0 Å². The summed E-state index contributed by atoms with van der Waals surface area (Å²) in [4.78, 5) is 7.00. The van der Waals surface area contributed by atoms with Crippen LogP contribution in [0.15, 0.2) is 36.5 Å². The Kier molecular flexibility index (Phi) is 2.49. The van der Waals surface area contributed by atoms with Gasteiger partial charge in [0.1, 0.15) is 5.82 Å². The van der Waals surface area contributed by atoms with Gasteiger partial charge in [-0.3, -0.25) is 0 Å². The van der Waals surface area contributed by atoms with Gasteiger partial charge in [0.05, 0.1) is 6.10 Å². The lowest BCUT2D eigenvalue weighted by Crippen LogP contribution is -2.23. The molecule has 3 atom stereocenters. The summed E-state index contributed by atoms with van der Waals surface area (Å²) in [5.74, 6) is 2.41. The number of aromatic nitrogens is 1. The highest BCUT2D eigenvalue weighted by molar-refractivity contribution is 5.92. The number of nitrogens with zero attached hydrogens (tertiary/aromatic N) is 2. The smallest absolute Gasteiger partial charge is 0.136 e. The van der Waals surface area contributed by atoms with E-state index in [1.165, 1.54) is 10.8 Å². The predicted octanol–water partition coefficient (Wildman–Crippen LogP) is 2.44. The molecule has 0 bridgehead atoms. The molecule has 3 nitrogen and oxygen atoms in total. The lowest BCUT2D eigenvalue weighted by atomic mass is 10.0. The van der Waals surface area contributed by atoms with Crippen LogP contribution in [0.1, 0.15) is 12.8 Å². The number of rotatable bonds is 1. The number of fused-ring (bicyclic) bond motifs is 2. The maximum Gasteiger partial charge on any atom is 0.136 e. The summed E-state index contributed by atoms with van der Waals surface area (Å²) in [5, 5.41) is 12.2. The molecule has 1 aromatic carbocycles. The zero-order valence-corrected chi connectivity index (χ0v) is 10.9. The fraction of sp³-hybridized carbons (Fsp3) is 0.438. The van der Waals surface area contributed by atoms with Crippen molar-refractivity contribution in [2.45, 2.75) is 18.9 Å². The van der Waals surface area contributed by atoms with Crippen molar-refractivity contribution in [2.75, 3.05) is 18.0 Å². The molecule has 1 saturated heterocycles. The van der Waals surface area contributed by atoms with Crippen LogP contribution in [-0.4, -0.2) is 29.3 Å². The van der Waals surface area contributed by atoms with Crippen molar-refractivity contribution in [3.63, 3.8) is 0 Å². The first-order valence-corrected chi connectivity index (χ1v) is 7.08. The van der Waals surface area contributed by atoms with Crippen LogP contribution in [0.2, 0.25) is 0 Å². The molecule has 0 spiro atoms. The molecule has 1 N–H and O–H groups in total. The maximum absolute atomic E-state index is 9.73. The Balaban J connectivity index is 1.69. The maximum atomic E-state index is 9.73. The third-order valence-electron chi connectivity index (χ3n) is 4.68. The minimum absolute atomic E-state index is 0.0716. The molecule has 2 heterocycles. The van der Waals surface area contributed by atoms with Gasteiger partial charge in [-0.15, -0.1) is 0 Å². The van der Waals surface area contributed by atoms with Crippen molar-refractivity contribution in [1.82, 2.24) is 4.98 Å². The summed E-state index contributed by atoms with van der Waals surface area (Å²) in [7, 11) is 0. The third kappa shape index (κ3) is 1.80. The van der Waals surface area contributed by atoms with E-state index in [2.05, 4.69) is 40.2 Å². The molecule has 3 heteroatoms. The molecule has 2 fully saturated rings. The number of anilines is 1. The summed E-state index contributed by atoms with van der Waals surface area (Å²) in [6.45, 7) is 2.09. The molecule has 98 valence electrons. The SMILES string of the molecule is OC1C[C@@H]2CN(c3nccc4ccccc34)C[C@@H]2C1. The molecule has 2 aromatic rings. The molecule has 1 aliphatic carbocycles. The lowest BCUT2D eigenvalue weighted by Gasteiger charge is -2.20. The van der Waals surface area contributed by atoms with Gasteiger partial charge in [-0.2, -0.15) is 0 Å². The van der Waals surface area contributed by atoms with Crippen LogP contribution in [0.3, 0.4) is 0 Å². The Bertz CT molecular complexity index is 593. The van der Waals surface area contributed by atoms with E-state index < -0.39 is 0 Å². The van der Waals surface area contributed by atoms with Crippen molar-refractivity contribution >= 4 is 16.6 Å². The first-order chi connectivity index (χ1) is 9.31. The lowest BCUT2D eigenvalue weighted by molar-refractivity contribution is 0.174. The Morgan fingerprint density at radius 3 is 2.58 bits per heavy atom. The second kappa shape index (κ2) is 4.20. The molecular formula is C16H18N2O. The summed E-state index contributed by atoms with van der Waals surface area (Å²) in [5.41, 5.74) is 0. The molecule has 0 radical (unpaired) electrons. The minimum atomic E-state index is -0.0716. The fourth-order valence-corrected chi connectivity index (χ4v) is 3.80. The number of aliphatic hydroxyl groups is 1. The van der Waals surface area contributed by atoms with Crippen LogP contribution in [0.4, 0.5) is 5.82 Å². The van der Waals surface area contributed by atoms with E-state index in [4.69, 9.17) is 0 Å². The highest BCUT2D eigenvalue weighted by atomic mass is 16.3. The number of hydrogen-bond donors (Lipinski definition) is 1. The Labute approximate surface area is 112 Å². The van der Waals surface area contributed by atoms with Gasteiger partial charge >= 0.3 is 0 Å². The van der Waals surface area contributed by atoms with Crippen LogP contribution in [0.5, 0.6) is 0 Å². The molecule has 1 saturated carbocycles. The highest BCUT2D eigenvalue weighted by Gasteiger charge is 2.40. The molecule has 1 unspecified atom stereocenters. The normalized spacial score (nSPS) is 29.9. The van der Waals surface area contributed by atoms with Gasteiger partial charge < -0.3 is 10.0 Å². The summed E-state index contributed by atoms with van der Waals surface area (Å²) in [6, 6.07) is 10.5. The van der Waals surface area contributed by atoms with Crippen LogP contribution in [0, 0.1) is 11.8 Å². The Hall–Kier alpha value is -1.61. The van der Waals surface area contributed by atoms with E-state index in [1.54, 1.807) is 0 Å². The van der Waals surface area contributed by atoms with E-state index in [1.807, 2.05) is 6.20 Å². The topological polar surface area (TPSA) is 36.4 Å². The van der Waals surface area contributed by atoms with Crippen LogP contribution >= 0.6 is 0 Å². The average Bonchev–Trinajstić information content (AvgIpc) is 2.95. The number of pyridine rings is 1. The second-order valence-electron chi connectivity index (χ2n) is 5.91. The van der Waals surface area contributed by atoms with Gasteiger partial charge in [-0.05, 0) is 36.1 Å². The zero-order valence-electron chi connectivity index (χ0n) is 10.9. The van der Waals surface area contributed by atoms with Crippen LogP contribution < -0.4 is 4.90 Å². The predicted molar refractivity (Wildman–Crippen MR) is 76.2 cm³/mol. The van der Waals surface area contributed by atoms with Crippen molar-refractivity contribution in [3.05, 3.63) is 36.5 Å². The van der Waals surface area contributed by atoms with Gasteiger partial charge in [0, 0.05) is 24.7 Å². The van der Waals surface area contributed by atoms with E-state index in [9.17, 15) is 5.11 Å². The summed E-state index contributed by atoms with van der Waals surface area (Å²) < 4.78 is 0. The van der Waals surface area contributed by atoms with E-state index >= 15 is 0 Å². The average molecular weight is 254 g/mol. The number of benzene rings is 1.